The molecule has 1 atom stereocenters. The third-order valence-electron chi connectivity index (χ3n) is 0.840. The number of carbonyl (C=O) groups excluding carboxylic acids is 1. The lowest BCUT2D eigenvalue weighted by molar-refractivity contribution is -0.121. The first kappa shape index (κ1) is 5.24. The van der Waals surface area contributed by atoms with Crippen molar-refractivity contribution in [2.75, 3.05) is 0 Å². The standard InChI is InChI=1S/C4H6N2O2/c7-3-1-4(8)6-2-5-3/h2-3,7H,1H2,(H,5,6,8). The van der Waals surface area contributed by atoms with E-state index in [1.54, 1.807) is 0 Å². The fourth-order valence-corrected chi connectivity index (χ4v) is 0.473. The number of aliphatic hydroxyl groups is 1. The van der Waals surface area contributed by atoms with Crippen LogP contribution in [0, 0.1) is 0 Å². The Morgan fingerprint density at radius 3 is 3.12 bits per heavy atom. The molecule has 0 aromatic rings. The molecular weight excluding hydrogens is 108 g/mol. The van der Waals surface area contributed by atoms with Crippen LogP contribution in [-0.4, -0.2) is 23.6 Å². The van der Waals surface area contributed by atoms with Gasteiger partial charge in [0.05, 0.1) is 12.8 Å². The minimum absolute atomic E-state index is 0.0799. The van der Waals surface area contributed by atoms with E-state index in [1.807, 2.05) is 0 Å². The average molecular weight is 114 g/mol. The molecule has 0 bridgehead atoms. The molecule has 0 radical (unpaired) electrons. The lowest BCUT2D eigenvalue weighted by Crippen LogP contribution is -2.30. The number of hydrogen-bond donors (Lipinski definition) is 2. The molecule has 0 aromatic heterocycles. The number of nitrogens with one attached hydrogen (secondary N) is 1. The van der Waals surface area contributed by atoms with Gasteiger partial charge in [-0.15, -0.1) is 0 Å². The van der Waals surface area contributed by atoms with Gasteiger partial charge in [-0.25, -0.2) is 4.99 Å². The fourth-order valence-electron chi connectivity index (χ4n) is 0.473. The monoisotopic (exact) mass is 114 g/mol. The van der Waals surface area contributed by atoms with E-state index in [1.165, 1.54) is 6.34 Å². The Hall–Kier alpha value is -0.900. The molecule has 1 heterocycles. The quantitative estimate of drug-likeness (QED) is 0.418. The summed E-state index contributed by atoms with van der Waals surface area (Å²) in [5.74, 6) is -0.187. The number of hydrogen-bond acceptors (Lipinski definition) is 3. The highest BCUT2D eigenvalue weighted by Gasteiger charge is 2.10. The maximum Gasteiger partial charge on any atom is 0.229 e. The molecule has 0 saturated carbocycles. The Bertz CT molecular complexity index is 132. The normalized spacial score (nSPS) is 27.6. The molecule has 0 aliphatic carbocycles. The van der Waals surface area contributed by atoms with Crippen LogP contribution in [0.4, 0.5) is 0 Å². The Balaban J connectivity index is 2.54. The van der Waals surface area contributed by atoms with Crippen molar-refractivity contribution in [3.63, 3.8) is 0 Å². The van der Waals surface area contributed by atoms with Crippen molar-refractivity contribution in [1.82, 2.24) is 5.32 Å². The summed E-state index contributed by atoms with van der Waals surface area (Å²) in [7, 11) is 0. The van der Waals surface area contributed by atoms with Gasteiger partial charge in [0.1, 0.15) is 0 Å². The van der Waals surface area contributed by atoms with Crippen LogP contribution in [0.3, 0.4) is 0 Å². The van der Waals surface area contributed by atoms with Gasteiger partial charge in [0.25, 0.3) is 0 Å². The van der Waals surface area contributed by atoms with Gasteiger partial charge in [0, 0.05) is 0 Å². The van der Waals surface area contributed by atoms with Gasteiger partial charge in [-0.2, -0.15) is 0 Å². The van der Waals surface area contributed by atoms with Gasteiger partial charge >= 0.3 is 0 Å². The third kappa shape index (κ3) is 1.04. The minimum atomic E-state index is -0.830. The molecule has 44 valence electrons. The number of carbonyl (C=O) groups is 1. The largest absolute Gasteiger partial charge is 0.371 e. The van der Waals surface area contributed by atoms with Crippen molar-refractivity contribution in [2.24, 2.45) is 4.99 Å². The zero-order valence-corrected chi connectivity index (χ0v) is 4.16. The first-order valence-electron chi connectivity index (χ1n) is 2.28. The summed E-state index contributed by atoms with van der Waals surface area (Å²) >= 11 is 0. The summed E-state index contributed by atoms with van der Waals surface area (Å²) in [6, 6.07) is 0. The van der Waals surface area contributed by atoms with E-state index >= 15 is 0 Å². The average Bonchev–Trinajstić information content (AvgIpc) is 1.64. The van der Waals surface area contributed by atoms with E-state index in [-0.39, 0.29) is 12.3 Å². The highest BCUT2D eigenvalue weighted by molar-refractivity contribution is 5.89. The van der Waals surface area contributed by atoms with Crippen molar-refractivity contribution in [1.29, 1.82) is 0 Å². The molecule has 8 heavy (non-hydrogen) atoms. The predicted octanol–water partition coefficient (Wildman–Crippen LogP) is -1.15. The third-order valence-corrected chi connectivity index (χ3v) is 0.840. The van der Waals surface area contributed by atoms with Crippen LogP contribution in [0.15, 0.2) is 4.99 Å². The smallest absolute Gasteiger partial charge is 0.229 e. The molecule has 1 aliphatic rings. The van der Waals surface area contributed by atoms with Gasteiger partial charge in [0.15, 0.2) is 6.23 Å². The molecule has 1 aliphatic heterocycles. The second kappa shape index (κ2) is 1.92. The molecule has 0 aromatic carbocycles. The molecule has 0 saturated heterocycles. The number of rotatable bonds is 0. The lowest BCUT2D eigenvalue weighted by Gasteiger charge is -2.08. The lowest BCUT2D eigenvalue weighted by atomic mass is 10.3. The van der Waals surface area contributed by atoms with E-state index in [4.69, 9.17) is 5.11 Å². The number of amides is 1. The van der Waals surface area contributed by atoms with Crippen LogP contribution in [0.5, 0.6) is 0 Å². The minimum Gasteiger partial charge on any atom is -0.371 e. The Morgan fingerprint density at radius 1 is 2.00 bits per heavy atom. The number of aliphatic imine (C=N–C) groups is 1. The highest BCUT2D eigenvalue weighted by atomic mass is 16.3. The number of nitrogens with zero attached hydrogens (tertiary/aromatic N) is 1. The summed E-state index contributed by atoms with van der Waals surface area (Å²) in [4.78, 5) is 13.8. The van der Waals surface area contributed by atoms with Crippen LogP contribution >= 0.6 is 0 Å². The van der Waals surface area contributed by atoms with Crippen molar-refractivity contribution >= 4 is 12.2 Å². The molecule has 2 N–H and O–H groups in total. The first-order valence-corrected chi connectivity index (χ1v) is 2.28. The van der Waals surface area contributed by atoms with Crippen LogP contribution in [0.25, 0.3) is 0 Å². The molecule has 4 nitrogen and oxygen atoms in total. The topological polar surface area (TPSA) is 61.7 Å². The van der Waals surface area contributed by atoms with Gasteiger partial charge in [-0.05, 0) is 0 Å². The molecule has 0 fully saturated rings. The maximum absolute atomic E-state index is 10.3. The van der Waals surface area contributed by atoms with Crippen LogP contribution in [0.1, 0.15) is 6.42 Å². The number of aliphatic hydroxyl groups excluding tert-OH is 1. The van der Waals surface area contributed by atoms with Gasteiger partial charge in [-0.3, -0.25) is 4.79 Å². The summed E-state index contributed by atoms with van der Waals surface area (Å²) in [6.07, 6.45) is 0.455. The Morgan fingerprint density at radius 2 is 2.75 bits per heavy atom. The second-order valence-electron chi connectivity index (χ2n) is 1.53. The van der Waals surface area contributed by atoms with Gasteiger partial charge in [0.2, 0.25) is 5.91 Å². The maximum atomic E-state index is 10.3. The molecule has 1 unspecified atom stereocenters. The summed E-state index contributed by atoms with van der Waals surface area (Å²) in [5, 5.41) is 10.9. The van der Waals surface area contributed by atoms with Crippen molar-refractivity contribution in [3.8, 4) is 0 Å². The Labute approximate surface area is 46.2 Å². The van der Waals surface area contributed by atoms with E-state index in [0.717, 1.165) is 0 Å². The van der Waals surface area contributed by atoms with E-state index in [2.05, 4.69) is 10.3 Å². The SMILES string of the molecule is O=C1CC(O)N=CN1. The van der Waals surface area contributed by atoms with E-state index in [0.29, 0.717) is 0 Å². The molecule has 0 spiro atoms. The summed E-state index contributed by atoms with van der Waals surface area (Å²) in [6.45, 7) is 0. The van der Waals surface area contributed by atoms with Crippen molar-refractivity contribution in [3.05, 3.63) is 0 Å². The molecule has 1 rings (SSSR count). The second-order valence-corrected chi connectivity index (χ2v) is 1.53. The van der Waals surface area contributed by atoms with E-state index in [9.17, 15) is 4.79 Å². The van der Waals surface area contributed by atoms with Crippen molar-refractivity contribution in [2.45, 2.75) is 12.6 Å². The zero-order valence-electron chi connectivity index (χ0n) is 4.16. The fraction of sp³-hybridized carbons (Fsp3) is 0.500. The summed E-state index contributed by atoms with van der Waals surface area (Å²) < 4.78 is 0. The summed E-state index contributed by atoms with van der Waals surface area (Å²) in [5.41, 5.74) is 0. The van der Waals surface area contributed by atoms with E-state index < -0.39 is 6.23 Å². The highest BCUT2D eigenvalue weighted by Crippen LogP contribution is 1.94. The van der Waals surface area contributed by atoms with Gasteiger partial charge < -0.3 is 10.4 Å². The first-order chi connectivity index (χ1) is 3.79. The van der Waals surface area contributed by atoms with Crippen molar-refractivity contribution < 1.29 is 9.90 Å². The van der Waals surface area contributed by atoms with Gasteiger partial charge in [-0.1, -0.05) is 0 Å². The zero-order chi connectivity index (χ0) is 5.98. The Kier molecular flexibility index (Phi) is 1.26. The molecule has 4 heteroatoms. The molecular formula is C4H6N2O2. The molecule has 1 amide bonds. The van der Waals surface area contributed by atoms with Crippen LogP contribution in [-0.2, 0) is 4.79 Å². The van der Waals surface area contributed by atoms with Crippen LogP contribution in [0.2, 0.25) is 0 Å². The van der Waals surface area contributed by atoms with Crippen LogP contribution < -0.4 is 5.32 Å². The predicted molar refractivity (Wildman–Crippen MR) is 27.3 cm³/mol.